The van der Waals surface area contributed by atoms with E-state index in [1.807, 2.05) is 24.3 Å². The Morgan fingerprint density at radius 2 is 2.19 bits per heavy atom. The molecule has 27 heavy (non-hydrogen) atoms. The molecular weight excluding hydrogens is 446 g/mol. The number of halogens is 1. The number of fused-ring (bicyclic) bond motifs is 3. The van der Waals surface area contributed by atoms with Gasteiger partial charge in [0.25, 0.3) is 5.56 Å². The lowest BCUT2D eigenvalue weighted by atomic mass is 9.89. The Bertz CT molecular complexity index is 1060. The van der Waals surface area contributed by atoms with E-state index in [-0.39, 0.29) is 17.2 Å². The Morgan fingerprint density at radius 1 is 1.41 bits per heavy atom. The molecule has 2 aromatic heterocycles. The minimum atomic E-state index is -0.135. The van der Waals surface area contributed by atoms with Crippen molar-refractivity contribution in [3.8, 4) is 0 Å². The number of carbonyl (C=O) groups excluding carboxylic acids is 1. The Hall–Kier alpha value is -1.64. The van der Waals surface area contributed by atoms with Gasteiger partial charge in [0.05, 0.1) is 11.1 Å². The maximum absolute atomic E-state index is 12.6. The van der Waals surface area contributed by atoms with Crippen molar-refractivity contribution in [1.82, 2.24) is 9.97 Å². The molecule has 2 heterocycles. The Morgan fingerprint density at radius 3 is 2.96 bits per heavy atom. The first-order valence-corrected chi connectivity index (χ1v) is 11.3. The van der Waals surface area contributed by atoms with Crippen LogP contribution in [0.15, 0.2) is 38.7 Å². The number of nitrogens with zero attached hydrogens (tertiary/aromatic N) is 1. The molecule has 0 fully saturated rings. The highest BCUT2D eigenvalue weighted by molar-refractivity contribution is 9.10. The van der Waals surface area contributed by atoms with Crippen LogP contribution >= 0.6 is 39.0 Å². The van der Waals surface area contributed by atoms with E-state index in [4.69, 9.17) is 0 Å². The molecule has 0 aliphatic heterocycles. The first-order valence-electron chi connectivity index (χ1n) is 8.72. The fourth-order valence-corrected chi connectivity index (χ4v) is 5.63. The second-order valence-electron chi connectivity index (χ2n) is 6.75. The molecule has 2 N–H and O–H groups in total. The van der Waals surface area contributed by atoms with Crippen molar-refractivity contribution >= 4 is 60.8 Å². The molecular formula is C19H18BrN3O2S2. The van der Waals surface area contributed by atoms with Crippen molar-refractivity contribution in [3.63, 3.8) is 0 Å². The number of carbonyl (C=O) groups is 1. The zero-order chi connectivity index (χ0) is 19.0. The minimum absolute atomic E-state index is 0.0946. The Labute approximate surface area is 173 Å². The van der Waals surface area contributed by atoms with Gasteiger partial charge in [-0.15, -0.1) is 11.3 Å². The molecule has 1 aliphatic rings. The van der Waals surface area contributed by atoms with Gasteiger partial charge < -0.3 is 10.3 Å². The van der Waals surface area contributed by atoms with Gasteiger partial charge in [-0.25, -0.2) is 4.98 Å². The fourth-order valence-electron chi connectivity index (χ4n) is 3.26. The summed E-state index contributed by atoms with van der Waals surface area (Å²) in [6, 6.07) is 7.40. The van der Waals surface area contributed by atoms with Crippen LogP contribution in [-0.2, 0) is 17.6 Å². The summed E-state index contributed by atoms with van der Waals surface area (Å²) in [5.41, 5.74) is 1.81. The number of nitrogens with one attached hydrogen (secondary N) is 2. The summed E-state index contributed by atoms with van der Waals surface area (Å²) in [6.45, 7) is 2.25. The van der Waals surface area contributed by atoms with Gasteiger partial charge in [0.15, 0.2) is 5.16 Å². The van der Waals surface area contributed by atoms with E-state index in [1.165, 1.54) is 22.2 Å². The van der Waals surface area contributed by atoms with Gasteiger partial charge in [0.1, 0.15) is 4.83 Å². The molecule has 1 aliphatic carbocycles. The molecule has 4 rings (SSSR count). The number of benzene rings is 1. The zero-order valence-corrected chi connectivity index (χ0v) is 17.9. The van der Waals surface area contributed by atoms with E-state index >= 15 is 0 Å². The molecule has 5 nitrogen and oxygen atoms in total. The van der Waals surface area contributed by atoms with Crippen LogP contribution in [0.25, 0.3) is 10.2 Å². The van der Waals surface area contributed by atoms with Crippen molar-refractivity contribution in [2.45, 2.75) is 31.3 Å². The highest BCUT2D eigenvalue weighted by atomic mass is 79.9. The SMILES string of the molecule is CC1CCc2c(sc3nc(SCC(=O)Nc4ccc(Br)cc4)[nH]c(=O)c23)C1. The third kappa shape index (κ3) is 4.12. The van der Waals surface area contributed by atoms with Gasteiger partial charge in [-0.1, -0.05) is 34.6 Å². The molecule has 3 aromatic rings. The summed E-state index contributed by atoms with van der Waals surface area (Å²) in [5, 5.41) is 4.07. The molecule has 0 saturated heterocycles. The third-order valence-corrected chi connectivity index (χ3v) is 7.16. The van der Waals surface area contributed by atoms with Gasteiger partial charge in [-0.2, -0.15) is 0 Å². The number of aryl methyl sites for hydroxylation is 1. The smallest absolute Gasteiger partial charge is 0.260 e. The lowest BCUT2D eigenvalue weighted by Gasteiger charge is -2.17. The molecule has 0 radical (unpaired) electrons. The zero-order valence-electron chi connectivity index (χ0n) is 14.7. The first-order chi connectivity index (χ1) is 13.0. The Kier molecular flexibility index (Phi) is 5.39. The highest BCUT2D eigenvalue weighted by Crippen LogP contribution is 2.36. The number of thioether (sulfide) groups is 1. The monoisotopic (exact) mass is 463 g/mol. The lowest BCUT2D eigenvalue weighted by molar-refractivity contribution is -0.113. The summed E-state index contributed by atoms with van der Waals surface area (Å²) in [4.78, 5) is 34.2. The van der Waals surface area contributed by atoms with Crippen molar-refractivity contribution in [2.75, 3.05) is 11.1 Å². The van der Waals surface area contributed by atoms with Crippen molar-refractivity contribution in [1.29, 1.82) is 0 Å². The van der Waals surface area contributed by atoms with Gasteiger partial charge in [-0.05, 0) is 55.0 Å². The molecule has 0 bridgehead atoms. The Balaban J connectivity index is 1.48. The topological polar surface area (TPSA) is 74.8 Å². The number of anilines is 1. The van der Waals surface area contributed by atoms with E-state index in [9.17, 15) is 9.59 Å². The van der Waals surface area contributed by atoms with Crippen molar-refractivity contribution in [2.24, 2.45) is 5.92 Å². The summed E-state index contributed by atoms with van der Waals surface area (Å²) >= 11 is 6.23. The average Bonchev–Trinajstić information content (AvgIpc) is 2.99. The number of hydrogen-bond donors (Lipinski definition) is 2. The van der Waals surface area contributed by atoms with Gasteiger partial charge in [-0.3, -0.25) is 9.59 Å². The molecule has 1 atom stereocenters. The maximum Gasteiger partial charge on any atom is 0.260 e. The van der Waals surface area contributed by atoms with Crippen molar-refractivity contribution in [3.05, 3.63) is 49.5 Å². The molecule has 1 unspecified atom stereocenters. The van der Waals surface area contributed by atoms with Crippen LogP contribution in [-0.4, -0.2) is 21.6 Å². The number of hydrogen-bond acceptors (Lipinski definition) is 5. The van der Waals surface area contributed by atoms with Gasteiger partial charge in [0, 0.05) is 15.0 Å². The molecule has 1 aromatic carbocycles. The molecule has 0 saturated carbocycles. The minimum Gasteiger partial charge on any atom is -0.325 e. The molecule has 0 spiro atoms. The second-order valence-corrected chi connectivity index (χ2v) is 9.71. The summed E-state index contributed by atoms with van der Waals surface area (Å²) in [5.74, 6) is 0.706. The molecule has 140 valence electrons. The molecule has 1 amide bonds. The summed E-state index contributed by atoms with van der Waals surface area (Å²) < 4.78 is 0.956. The largest absolute Gasteiger partial charge is 0.325 e. The number of aromatic amines is 1. The maximum atomic E-state index is 12.6. The van der Waals surface area contributed by atoms with E-state index in [1.54, 1.807) is 11.3 Å². The molecule has 8 heteroatoms. The lowest BCUT2D eigenvalue weighted by Crippen LogP contribution is -2.16. The van der Waals surface area contributed by atoms with Crippen LogP contribution in [0.4, 0.5) is 5.69 Å². The van der Waals surface area contributed by atoms with Crippen LogP contribution in [0, 0.1) is 5.92 Å². The highest BCUT2D eigenvalue weighted by Gasteiger charge is 2.23. The van der Waals surface area contributed by atoms with Gasteiger partial charge >= 0.3 is 0 Å². The average molecular weight is 464 g/mol. The number of amides is 1. The fraction of sp³-hybridized carbons (Fsp3) is 0.316. The van der Waals surface area contributed by atoms with Crippen LogP contribution < -0.4 is 10.9 Å². The van der Waals surface area contributed by atoms with Crippen LogP contribution in [0.3, 0.4) is 0 Å². The summed E-state index contributed by atoms with van der Waals surface area (Å²) in [7, 11) is 0. The standard InChI is InChI=1S/C19H18BrN3O2S2/c1-10-2-7-13-14(8-10)27-18-16(13)17(25)22-19(23-18)26-9-15(24)21-12-5-3-11(20)4-6-12/h3-6,10H,2,7-9H2,1H3,(H,21,24)(H,22,23,25). The number of aromatic nitrogens is 2. The van der Waals surface area contributed by atoms with Crippen molar-refractivity contribution < 1.29 is 4.79 Å². The van der Waals surface area contributed by atoms with Crippen LogP contribution in [0.5, 0.6) is 0 Å². The summed E-state index contributed by atoms with van der Waals surface area (Å²) in [6.07, 6.45) is 3.09. The number of thiophene rings is 1. The van der Waals surface area contributed by atoms with E-state index < -0.39 is 0 Å². The van der Waals surface area contributed by atoms with E-state index in [0.29, 0.717) is 11.1 Å². The van der Waals surface area contributed by atoms with E-state index in [0.717, 1.165) is 39.6 Å². The quantitative estimate of drug-likeness (QED) is 0.437. The van der Waals surface area contributed by atoms with Crippen LogP contribution in [0.1, 0.15) is 23.8 Å². The van der Waals surface area contributed by atoms with Crippen LogP contribution in [0.2, 0.25) is 0 Å². The number of rotatable bonds is 4. The predicted octanol–water partition coefficient (Wildman–Crippen LogP) is 4.60. The second kappa shape index (κ2) is 7.77. The third-order valence-electron chi connectivity index (χ3n) is 4.61. The number of H-pyrrole nitrogens is 1. The van der Waals surface area contributed by atoms with E-state index in [2.05, 4.69) is 38.1 Å². The normalized spacial score (nSPS) is 16.3. The first kappa shape index (κ1) is 18.7. The predicted molar refractivity (Wildman–Crippen MR) is 115 cm³/mol. The van der Waals surface area contributed by atoms with Gasteiger partial charge in [0.2, 0.25) is 5.91 Å².